The quantitative estimate of drug-likeness (QED) is 0.716. The van der Waals surface area contributed by atoms with Crippen molar-refractivity contribution in [3.05, 3.63) is 65.5 Å². The minimum atomic E-state index is -1.09. The molecular formula is C20H15NO5S. The van der Waals surface area contributed by atoms with Gasteiger partial charge in [-0.15, -0.1) is 11.3 Å². The molecule has 4 rings (SSSR count). The summed E-state index contributed by atoms with van der Waals surface area (Å²) in [5, 5.41) is 12.2. The molecule has 0 spiro atoms. The van der Waals surface area contributed by atoms with Crippen LogP contribution in [0.25, 0.3) is 10.4 Å². The SMILES string of the molecule is O=C(O)c1sc(-c2ccccc2)cc1NC(=O)[C@H]1COc2ccccc2O1. The fraction of sp³-hybridized carbons (Fsp3) is 0.100. The summed E-state index contributed by atoms with van der Waals surface area (Å²) < 4.78 is 11.2. The van der Waals surface area contributed by atoms with E-state index in [1.165, 1.54) is 0 Å². The lowest BCUT2D eigenvalue weighted by molar-refractivity contribution is -0.125. The van der Waals surface area contributed by atoms with E-state index >= 15 is 0 Å². The Morgan fingerprint density at radius 1 is 1.04 bits per heavy atom. The van der Waals surface area contributed by atoms with Crippen molar-refractivity contribution in [1.82, 2.24) is 0 Å². The van der Waals surface area contributed by atoms with Crippen molar-refractivity contribution >= 4 is 28.9 Å². The highest BCUT2D eigenvalue weighted by Crippen LogP contribution is 2.35. The molecule has 1 amide bonds. The molecule has 0 bridgehead atoms. The zero-order valence-corrected chi connectivity index (χ0v) is 14.9. The lowest BCUT2D eigenvalue weighted by Crippen LogP contribution is -2.40. The number of carbonyl (C=O) groups excluding carboxylic acids is 1. The molecule has 0 saturated carbocycles. The summed E-state index contributed by atoms with van der Waals surface area (Å²) in [6.07, 6.45) is -0.860. The molecule has 1 aliphatic rings. The van der Waals surface area contributed by atoms with Gasteiger partial charge in [0.05, 0.1) is 5.69 Å². The second-order valence-corrected chi connectivity index (χ2v) is 6.93. The van der Waals surface area contributed by atoms with Crippen LogP contribution < -0.4 is 14.8 Å². The number of amides is 1. The second kappa shape index (κ2) is 7.13. The standard InChI is InChI=1S/C20H15NO5S/c22-19(16-11-25-14-8-4-5-9-15(14)26-16)21-13-10-17(27-18(13)20(23)24)12-6-2-1-3-7-12/h1-10,16H,11H2,(H,21,22)(H,23,24)/t16-/m1/s1. The van der Waals surface area contributed by atoms with Gasteiger partial charge in [0.1, 0.15) is 11.5 Å². The fourth-order valence-electron chi connectivity index (χ4n) is 2.75. The maximum atomic E-state index is 12.6. The molecule has 6 nitrogen and oxygen atoms in total. The van der Waals surface area contributed by atoms with E-state index in [1.54, 1.807) is 24.3 Å². The van der Waals surface area contributed by atoms with Crippen LogP contribution in [0.1, 0.15) is 9.67 Å². The van der Waals surface area contributed by atoms with E-state index in [-0.39, 0.29) is 17.2 Å². The number of carbonyl (C=O) groups is 2. The highest BCUT2D eigenvalue weighted by Gasteiger charge is 2.29. The van der Waals surface area contributed by atoms with E-state index in [4.69, 9.17) is 9.47 Å². The Labute approximate surface area is 159 Å². The Balaban J connectivity index is 1.56. The average Bonchev–Trinajstić information content (AvgIpc) is 3.12. The van der Waals surface area contributed by atoms with Crippen LogP contribution in [0.2, 0.25) is 0 Å². The van der Waals surface area contributed by atoms with Crippen LogP contribution in [-0.4, -0.2) is 29.7 Å². The Morgan fingerprint density at radius 3 is 2.48 bits per heavy atom. The predicted molar refractivity (Wildman–Crippen MR) is 102 cm³/mol. The van der Waals surface area contributed by atoms with Crippen LogP contribution in [0.5, 0.6) is 11.5 Å². The van der Waals surface area contributed by atoms with Gasteiger partial charge in [-0.2, -0.15) is 0 Å². The minimum absolute atomic E-state index is 0.0565. The van der Waals surface area contributed by atoms with Gasteiger partial charge in [-0.1, -0.05) is 42.5 Å². The number of anilines is 1. The van der Waals surface area contributed by atoms with Gasteiger partial charge >= 0.3 is 5.97 Å². The van der Waals surface area contributed by atoms with E-state index in [9.17, 15) is 14.7 Å². The fourth-order valence-corrected chi connectivity index (χ4v) is 3.71. The minimum Gasteiger partial charge on any atom is -0.485 e. The van der Waals surface area contributed by atoms with E-state index in [0.717, 1.165) is 21.8 Å². The lowest BCUT2D eigenvalue weighted by atomic mass is 10.2. The van der Waals surface area contributed by atoms with Crippen LogP contribution in [0, 0.1) is 0 Å². The maximum Gasteiger partial charge on any atom is 0.348 e. The van der Waals surface area contributed by atoms with Crippen LogP contribution in [0.3, 0.4) is 0 Å². The first-order chi connectivity index (χ1) is 13.1. The van der Waals surface area contributed by atoms with Crippen molar-refractivity contribution in [1.29, 1.82) is 0 Å². The Kier molecular flexibility index (Phi) is 4.52. The number of para-hydroxylation sites is 2. The van der Waals surface area contributed by atoms with E-state index in [1.807, 2.05) is 36.4 Å². The van der Waals surface area contributed by atoms with Crippen LogP contribution >= 0.6 is 11.3 Å². The first-order valence-electron chi connectivity index (χ1n) is 8.24. The molecule has 2 heterocycles. The number of thiophene rings is 1. The van der Waals surface area contributed by atoms with Gasteiger partial charge in [0, 0.05) is 4.88 Å². The smallest absolute Gasteiger partial charge is 0.348 e. The molecule has 136 valence electrons. The summed E-state index contributed by atoms with van der Waals surface area (Å²) in [6.45, 7) is 0.0565. The molecule has 1 atom stereocenters. The number of carboxylic acid groups (broad SMARTS) is 1. The van der Waals surface area contributed by atoms with Gasteiger partial charge in [0.2, 0.25) is 6.10 Å². The first kappa shape index (κ1) is 17.1. The summed E-state index contributed by atoms with van der Waals surface area (Å²) >= 11 is 1.11. The molecule has 0 saturated heterocycles. The zero-order chi connectivity index (χ0) is 18.8. The number of benzene rings is 2. The van der Waals surface area contributed by atoms with Crippen molar-refractivity contribution in [2.45, 2.75) is 6.10 Å². The number of fused-ring (bicyclic) bond motifs is 1. The molecule has 7 heteroatoms. The number of ether oxygens (including phenoxy) is 2. The van der Waals surface area contributed by atoms with Crippen LogP contribution in [0.4, 0.5) is 5.69 Å². The van der Waals surface area contributed by atoms with Crippen molar-refractivity contribution in [2.24, 2.45) is 0 Å². The number of aromatic carboxylic acids is 1. The van der Waals surface area contributed by atoms with Crippen molar-refractivity contribution in [2.75, 3.05) is 11.9 Å². The number of carboxylic acids is 1. The summed E-state index contributed by atoms with van der Waals surface area (Å²) in [7, 11) is 0. The Bertz CT molecular complexity index is 999. The van der Waals surface area contributed by atoms with Gasteiger partial charge < -0.3 is 19.9 Å². The van der Waals surface area contributed by atoms with Crippen LogP contribution in [-0.2, 0) is 4.79 Å². The molecule has 27 heavy (non-hydrogen) atoms. The average molecular weight is 381 g/mol. The summed E-state index contributed by atoms with van der Waals surface area (Å²) in [6, 6.07) is 18.2. The molecule has 1 aliphatic heterocycles. The zero-order valence-electron chi connectivity index (χ0n) is 14.0. The van der Waals surface area contributed by atoms with Crippen LogP contribution in [0.15, 0.2) is 60.7 Å². The number of hydrogen-bond acceptors (Lipinski definition) is 5. The third-order valence-corrected chi connectivity index (χ3v) is 5.22. The molecule has 2 aromatic carbocycles. The molecule has 0 radical (unpaired) electrons. The van der Waals surface area contributed by atoms with Crippen molar-refractivity contribution in [3.63, 3.8) is 0 Å². The summed E-state index contributed by atoms with van der Waals surface area (Å²) in [5.41, 5.74) is 1.13. The molecular weight excluding hydrogens is 366 g/mol. The molecule has 0 fully saturated rings. The Morgan fingerprint density at radius 2 is 1.74 bits per heavy atom. The maximum absolute atomic E-state index is 12.6. The highest BCUT2D eigenvalue weighted by atomic mass is 32.1. The first-order valence-corrected chi connectivity index (χ1v) is 9.05. The van der Waals surface area contributed by atoms with Crippen molar-refractivity contribution < 1.29 is 24.2 Å². The van der Waals surface area contributed by atoms with Gasteiger partial charge in [-0.3, -0.25) is 4.79 Å². The molecule has 1 aromatic heterocycles. The topological polar surface area (TPSA) is 84.9 Å². The normalized spacial score (nSPS) is 15.2. The molecule has 0 aliphatic carbocycles. The van der Waals surface area contributed by atoms with Crippen molar-refractivity contribution in [3.8, 4) is 21.9 Å². The third-order valence-electron chi connectivity index (χ3n) is 4.04. The van der Waals surface area contributed by atoms with Gasteiger partial charge in [-0.25, -0.2) is 4.79 Å². The highest BCUT2D eigenvalue weighted by molar-refractivity contribution is 7.18. The largest absolute Gasteiger partial charge is 0.485 e. The van der Waals surface area contributed by atoms with Gasteiger partial charge in [-0.05, 0) is 23.8 Å². The second-order valence-electron chi connectivity index (χ2n) is 5.88. The predicted octanol–water partition coefficient (Wildman–Crippen LogP) is 3.89. The number of rotatable bonds is 4. The lowest BCUT2D eigenvalue weighted by Gasteiger charge is -2.25. The number of nitrogens with one attached hydrogen (secondary N) is 1. The number of hydrogen-bond donors (Lipinski definition) is 2. The molecule has 2 N–H and O–H groups in total. The monoisotopic (exact) mass is 381 g/mol. The summed E-state index contributed by atoms with van der Waals surface area (Å²) in [4.78, 5) is 25.0. The van der Waals surface area contributed by atoms with Gasteiger partial charge in [0.15, 0.2) is 11.5 Å². The van der Waals surface area contributed by atoms with E-state index in [0.29, 0.717) is 11.5 Å². The van der Waals surface area contributed by atoms with E-state index in [2.05, 4.69) is 5.32 Å². The summed E-state index contributed by atoms with van der Waals surface area (Å²) in [5.74, 6) is -0.486. The van der Waals surface area contributed by atoms with Gasteiger partial charge in [0.25, 0.3) is 5.91 Å². The molecule has 3 aromatic rings. The Hall–Kier alpha value is -3.32. The third kappa shape index (κ3) is 3.50. The molecule has 0 unspecified atom stereocenters. The van der Waals surface area contributed by atoms with E-state index < -0.39 is 18.0 Å².